The second kappa shape index (κ2) is 12.2. The lowest BCUT2D eigenvalue weighted by Crippen LogP contribution is -2.55. The van der Waals surface area contributed by atoms with Gasteiger partial charge in [0.15, 0.2) is 0 Å². The molecule has 0 unspecified atom stereocenters. The molecular formula is C58H44N2. The molecule has 0 N–H and O–H groups in total. The summed E-state index contributed by atoms with van der Waals surface area (Å²) in [4.78, 5) is 0. The van der Waals surface area contributed by atoms with Crippen molar-refractivity contribution in [2.75, 3.05) is 0 Å². The normalized spacial score (nSPS) is 22.4. The average Bonchev–Trinajstić information content (AvgIpc) is 3.93. The van der Waals surface area contributed by atoms with E-state index in [1.54, 1.807) is 11.1 Å². The molecule has 2 heterocycles. The van der Waals surface area contributed by atoms with Crippen LogP contribution in [0.4, 0.5) is 0 Å². The Morgan fingerprint density at radius 2 is 0.850 bits per heavy atom. The van der Waals surface area contributed by atoms with Crippen molar-refractivity contribution in [1.82, 2.24) is 9.13 Å². The fourth-order valence-electron chi connectivity index (χ4n) is 13.8. The Morgan fingerprint density at radius 1 is 0.350 bits per heavy atom. The first-order valence-electron chi connectivity index (χ1n) is 22.2. The Hall–Kier alpha value is -6.64. The molecule has 0 saturated heterocycles. The highest BCUT2D eigenvalue weighted by atomic mass is 15.0. The van der Waals surface area contributed by atoms with Gasteiger partial charge in [0.05, 0.1) is 22.1 Å². The molecule has 0 radical (unpaired) electrons. The summed E-state index contributed by atoms with van der Waals surface area (Å²) in [5.41, 5.74) is 18.7. The van der Waals surface area contributed by atoms with E-state index in [0.717, 1.165) is 23.7 Å². The summed E-state index contributed by atoms with van der Waals surface area (Å²) in [6.07, 6.45) is 7.04. The molecule has 2 heteroatoms. The van der Waals surface area contributed by atoms with Crippen molar-refractivity contribution < 1.29 is 0 Å². The molecule has 2 aromatic heterocycles. The lowest BCUT2D eigenvalue weighted by Gasteiger charge is -2.61. The molecule has 10 aromatic rings. The average molecular weight is 769 g/mol. The molecule has 60 heavy (non-hydrogen) atoms. The quantitative estimate of drug-likeness (QED) is 0.169. The fourth-order valence-corrected chi connectivity index (χ4v) is 13.8. The van der Waals surface area contributed by atoms with Crippen LogP contribution in [-0.4, -0.2) is 9.13 Å². The summed E-state index contributed by atoms with van der Waals surface area (Å²) in [6.45, 7) is 0. The minimum atomic E-state index is 0.129. The van der Waals surface area contributed by atoms with Crippen LogP contribution in [0.1, 0.15) is 43.2 Å². The Labute approximate surface area is 350 Å². The molecule has 15 rings (SSSR count). The van der Waals surface area contributed by atoms with Crippen LogP contribution >= 0.6 is 0 Å². The van der Waals surface area contributed by atoms with Crippen molar-refractivity contribution >= 4 is 43.6 Å². The van der Waals surface area contributed by atoms with Crippen LogP contribution in [0.5, 0.6) is 0 Å². The van der Waals surface area contributed by atoms with Gasteiger partial charge in [0.25, 0.3) is 0 Å². The molecule has 1 spiro atoms. The summed E-state index contributed by atoms with van der Waals surface area (Å²) in [7, 11) is 0. The van der Waals surface area contributed by atoms with E-state index in [1.165, 1.54) is 120 Å². The van der Waals surface area contributed by atoms with Gasteiger partial charge in [0, 0.05) is 38.3 Å². The zero-order valence-corrected chi connectivity index (χ0v) is 33.6. The third-order valence-corrected chi connectivity index (χ3v) is 15.7. The molecule has 0 aliphatic heterocycles. The molecule has 0 atom stereocenters. The first kappa shape index (κ1) is 33.2. The molecule has 4 fully saturated rings. The molecular weight excluding hydrogens is 725 g/mol. The van der Waals surface area contributed by atoms with E-state index >= 15 is 0 Å². The number of nitrogens with zero attached hydrogens (tertiary/aromatic N) is 2. The Bertz CT molecular complexity index is 3370. The first-order chi connectivity index (χ1) is 29.7. The van der Waals surface area contributed by atoms with Crippen molar-refractivity contribution in [2.24, 2.45) is 23.7 Å². The largest absolute Gasteiger partial charge is 0.309 e. The standard InChI is InChI=1S/C58H44N2/c1-2-13-38(14-3-1)39-15-10-16-42(34-39)59-52-23-8-5-18-48(52)56-46(20-11-25-54(56)59)47-21-12-26-55-57(47)49-19-6-9-24-53(49)60(55)43-27-28-45-44-17-4-7-22-50(44)58(51(45)35-43)40-30-36-29-37(32-40)33-41(58)31-36/h1-28,34-37,40-41H,29-33H2. The van der Waals surface area contributed by atoms with E-state index in [9.17, 15) is 0 Å². The van der Waals surface area contributed by atoms with Gasteiger partial charge in [-0.2, -0.15) is 0 Å². The van der Waals surface area contributed by atoms with Crippen LogP contribution in [-0.2, 0) is 5.41 Å². The second-order valence-electron chi connectivity index (χ2n) is 18.5. The molecule has 4 bridgehead atoms. The van der Waals surface area contributed by atoms with Crippen molar-refractivity contribution in [3.05, 3.63) is 193 Å². The van der Waals surface area contributed by atoms with Gasteiger partial charge in [0.1, 0.15) is 0 Å². The summed E-state index contributed by atoms with van der Waals surface area (Å²) in [5.74, 6) is 3.32. The maximum absolute atomic E-state index is 2.65. The molecule has 2 nitrogen and oxygen atoms in total. The molecule has 286 valence electrons. The predicted molar refractivity (Wildman–Crippen MR) is 249 cm³/mol. The van der Waals surface area contributed by atoms with Crippen molar-refractivity contribution in [3.8, 4) is 44.8 Å². The van der Waals surface area contributed by atoms with Gasteiger partial charge >= 0.3 is 0 Å². The number of rotatable bonds is 4. The van der Waals surface area contributed by atoms with Crippen LogP contribution in [0.25, 0.3) is 88.4 Å². The van der Waals surface area contributed by atoms with E-state index in [0.29, 0.717) is 0 Å². The van der Waals surface area contributed by atoms with Gasteiger partial charge < -0.3 is 9.13 Å². The summed E-state index contributed by atoms with van der Waals surface area (Å²) < 4.78 is 5.05. The summed E-state index contributed by atoms with van der Waals surface area (Å²) in [6, 6.07) is 68.8. The van der Waals surface area contributed by atoms with E-state index in [2.05, 4.69) is 191 Å². The molecule has 0 amide bonds. The van der Waals surface area contributed by atoms with E-state index in [-0.39, 0.29) is 5.41 Å². The van der Waals surface area contributed by atoms with E-state index < -0.39 is 0 Å². The number of benzene rings is 8. The van der Waals surface area contributed by atoms with Crippen LogP contribution in [0.2, 0.25) is 0 Å². The predicted octanol–water partition coefficient (Wildman–Crippen LogP) is 14.9. The van der Waals surface area contributed by atoms with Gasteiger partial charge in [-0.1, -0.05) is 133 Å². The third kappa shape index (κ3) is 4.33. The zero-order chi connectivity index (χ0) is 39.1. The van der Waals surface area contributed by atoms with Crippen LogP contribution < -0.4 is 0 Å². The summed E-state index contributed by atoms with van der Waals surface area (Å²) in [5, 5.41) is 5.18. The van der Waals surface area contributed by atoms with Gasteiger partial charge in [-0.05, 0) is 149 Å². The highest BCUT2D eigenvalue weighted by molar-refractivity contribution is 6.22. The SMILES string of the molecule is c1ccc(-c2cccc(-n3c4ccccc4c4c(-c5cccc6c5c5ccccc5n6-c5ccc6c(c5)C5(c7ccccc7-6)C6CC7CC(C6)CC5C7)cccc43)c2)cc1. The topological polar surface area (TPSA) is 9.86 Å². The molecule has 4 saturated carbocycles. The lowest BCUT2D eigenvalue weighted by atomic mass is 9.43. The number of para-hydroxylation sites is 2. The van der Waals surface area contributed by atoms with Crippen molar-refractivity contribution in [2.45, 2.75) is 37.5 Å². The maximum atomic E-state index is 2.65. The highest BCUT2D eigenvalue weighted by Crippen LogP contribution is 2.69. The minimum Gasteiger partial charge on any atom is -0.309 e. The van der Waals surface area contributed by atoms with Gasteiger partial charge in [-0.15, -0.1) is 0 Å². The Balaban J connectivity index is 0.993. The second-order valence-corrected chi connectivity index (χ2v) is 18.5. The third-order valence-electron chi connectivity index (χ3n) is 15.7. The van der Waals surface area contributed by atoms with Gasteiger partial charge in [-0.3, -0.25) is 0 Å². The van der Waals surface area contributed by atoms with E-state index in [4.69, 9.17) is 0 Å². The number of hydrogen-bond donors (Lipinski definition) is 0. The first-order valence-corrected chi connectivity index (χ1v) is 22.2. The van der Waals surface area contributed by atoms with Crippen molar-refractivity contribution in [3.63, 3.8) is 0 Å². The van der Waals surface area contributed by atoms with Crippen LogP contribution in [0, 0.1) is 23.7 Å². The number of aromatic nitrogens is 2. The smallest absolute Gasteiger partial charge is 0.0547 e. The van der Waals surface area contributed by atoms with Gasteiger partial charge in [-0.25, -0.2) is 0 Å². The fraction of sp³-hybridized carbons (Fsp3) is 0.172. The van der Waals surface area contributed by atoms with Gasteiger partial charge in [0.2, 0.25) is 0 Å². The van der Waals surface area contributed by atoms with Crippen LogP contribution in [0.15, 0.2) is 182 Å². The Kier molecular flexibility index (Phi) is 6.76. The molecule has 8 aromatic carbocycles. The maximum Gasteiger partial charge on any atom is 0.0547 e. The minimum absolute atomic E-state index is 0.129. The summed E-state index contributed by atoms with van der Waals surface area (Å²) >= 11 is 0. The number of fused-ring (bicyclic) bond motifs is 9. The zero-order valence-electron chi connectivity index (χ0n) is 33.6. The molecule has 5 aliphatic rings. The lowest BCUT2D eigenvalue weighted by molar-refractivity contribution is -0.0399. The Morgan fingerprint density at radius 3 is 1.52 bits per heavy atom. The monoisotopic (exact) mass is 768 g/mol. The van der Waals surface area contributed by atoms with E-state index in [1.807, 2.05) is 0 Å². The van der Waals surface area contributed by atoms with Crippen LogP contribution in [0.3, 0.4) is 0 Å². The number of hydrogen-bond acceptors (Lipinski definition) is 0. The highest BCUT2D eigenvalue weighted by Gasteiger charge is 2.61. The molecule has 5 aliphatic carbocycles. The van der Waals surface area contributed by atoms with Crippen molar-refractivity contribution in [1.29, 1.82) is 0 Å².